The lowest BCUT2D eigenvalue weighted by Crippen LogP contribution is -2.18. The molecule has 1 fully saturated rings. The molecule has 20 heavy (non-hydrogen) atoms. The number of hydrogen-bond acceptors (Lipinski definition) is 3. The molecule has 1 aliphatic carbocycles. The molecule has 0 aliphatic heterocycles. The highest BCUT2D eigenvalue weighted by Gasteiger charge is 2.16. The zero-order valence-corrected chi connectivity index (χ0v) is 12.1. The Balaban J connectivity index is 1.64. The summed E-state index contributed by atoms with van der Waals surface area (Å²) in [4.78, 5) is 11.7. The first-order valence-corrected chi connectivity index (χ1v) is 7.72. The Kier molecular flexibility index (Phi) is 6.06. The molecule has 0 bridgehead atoms. The number of rotatable bonds is 6. The molecule has 2 N–H and O–H groups in total. The highest BCUT2D eigenvalue weighted by atomic mass is 16.5. The Bertz CT molecular complexity index is 399. The van der Waals surface area contributed by atoms with Gasteiger partial charge in [0, 0.05) is 12.5 Å². The van der Waals surface area contributed by atoms with Crippen molar-refractivity contribution in [2.75, 3.05) is 6.61 Å². The van der Waals surface area contributed by atoms with Gasteiger partial charge in [-0.3, -0.25) is 4.79 Å². The maximum Gasteiger partial charge on any atom is 0.305 e. The maximum atomic E-state index is 11.7. The van der Waals surface area contributed by atoms with Gasteiger partial charge in [0.15, 0.2) is 0 Å². The quantitative estimate of drug-likeness (QED) is 0.807. The van der Waals surface area contributed by atoms with Gasteiger partial charge in [-0.25, -0.2) is 0 Å². The number of ether oxygens (including phenoxy) is 1. The summed E-state index contributed by atoms with van der Waals surface area (Å²) in [5.41, 5.74) is 7.15. The normalized spacial score (nSPS) is 17.6. The lowest BCUT2D eigenvalue weighted by Gasteiger charge is -2.21. The van der Waals surface area contributed by atoms with Gasteiger partial charge >= 0.3 is 5.97 Å². The van der Waals surface area contributed by atoms with Gasteiger partial charge in [-0.1, -0.05) is 49.6 Å². The molecule has 1 aromatic rings. The largest absolute Gasteiger partial charge is 0.465 e. The van der Waals surface area contributed by atoms with E-state index >= 15 is 0 Å². The van der Waals surface area contributed by atoms with Gasteiger partial charge in [-0.05, 0) is 30.7 Å². The van der Waals surface area contributed by atoms with Crippen molar-refractivity contribution in [2.45, 2.75) is 51.0 Å². The third kappa shape index (κ3) is 4.97. The van der Waals surface area contributed by atoms with E-state index in [4.69, 9.17) is 10.5 Å². The topological polar surface area (TPSA) is 52.3 Å². The van der Waals surface area contributed by atoms with Gasteiger partial charge < -0.3 is 10.5 Å². The molecule has 0 saturated heterocycles. The first kappa shape index (κ1) is 15.0. The van der Waals surface area contributed by atoms with E-state index in [2.05, 4.69) is 0 Å². The van der Waals surface area contributed by atoms with Gasteiger partial charge in [0.1, 0.15) is 0 Å². The van der Waals surface area contributed by atoms with Gasteiger partial charge in [0.05, 0.1) is 6.61 Å². The lowest BCUT2D eigenvalue weighted by atomic mass is 9.90. The zero-order valence-electron chi connectivity index (χ0n) is 12.1. The van der Waals surface area contributed by atoms with Crippen LogP contribution in [-0.4, -0.2) is 12.6 Å². The van der Waals surface area contributed by atoms with E-state index in [0.717, 1.165) is 5.56 Å². The Labute approximate surface area is 121 Å². The summed E-state index contributed by atoms with van der Waals surface area (Å²) in [5, 5.41) is 0. The van der Waals surface area contributed by atoms with Crippen LogP contribution in [0.2, 0.25) is 0 Å². The summed E-state index contributed by atoms with van der Waals surface area (Å²) < 4.78 is 5.37. The Morgan fingerprint density at radius 2 is 1.90 bits per heavy atom. The SMILES string of the molecule is NC(CCC(=O)OCC1CCCCC1)c1ccccc1. The third-order valence-corrected chi connectivity index (χ3v) is 4.09. The van der Waals surface area contributed by atoms with Crippen molar-refractivity contribution in [2.24, 2.45) is 11.7 Å². The first-order valence-electron chi connectivity index (χ1n) is 7.72. The van der Waals surface area contributed by atoms with Crippen molar-refractivity contribution in [3.05, 3.63) is 35.9 Å². The fourth-order valence-corrected chi connectivity index (χ4v) is 2.78. The number of benzene rings is 1. The van der Waals surface area contributed by atoms with E-state index in [-0.39, 0.29) is 12.0 Å². The van der Waals surface area contributed by atoms with Crippen LogP contribution in [0.5, 0.6) is 0 Å². The van der Waals surface area contributed by atoms with Crippen LogP contribution in [0.1, 0.15) is 56.6 Å². The smallest absolute Gasteiger partial charge is 0.305 e. The second-order valence-electron chi connectivity index (χ2n) is 5.74. The van der Waals surface area contributed by atoms with Gasteiger partial charge in [0.25, 0.3) is 0 Å². The monoisotopic (exact) mass is 275 g/mol. The van der Waals surface area contributed by atoms with Crippen LogP contribution in [0.3, 0.4) is 0 Å². The summed E-state index contributed by atoms with van der Waals surface area (Å²) in [6, 6.07) is 9.82. The second-order valence-corrected chi connectivity index (χ2v) is 5.74. The highest BCUT2D eigenvalue weighted by Crippen LogP contribution is 2.24. The average Bonchev–Trinajstić information content (AvgIpc) is 2.52. The number of hydrogen-bond donors (Lipinski definition) is 1. The van der Waals surface area contributed by atoms with Crippen LogP contribution in [0.25, 0.3) is 0 Å². The Morgan fingerprint density at radius 1 is 1.20 bits per heavy atom. The molecular formula is C17H25NO2. The molecule has 1 aromatic carbocycles. The Hall–Kier alpha value is -1.35. The van der Waals surface area contributed by atoms with Gasteiger partial charge in [0.2, 0.25) is 0 Å². The molecule has 0 heterocycles. The third-order valence-electron chi connectivity index (χ3n) is 4.09. The van der Waals surface area contributed by atoms with E-state index in [9.17, 15) is 4.79 Å². The second kappa shape index (κ2) is 8.05. The molecule has 110 valence electrons. The zero-order chi connectivity index (χ0) is 14.2. The predicted molar refractivity (Wildman–Crippen MR) is 80.1 cm³/mol. The number of carbonyl (C=O) groups excluding carboxylic acids is 1. The number of carbonyl (C=O) groups is 1. The van der Waals surface area contributed by atoms with E-state index in [1.54, 1.807) is 0 Å². The highest BCUT2D eigenvalue weighted by molar-refractivity contribution is 5.69. The van der Waals surface area contributed by atoms with Crippen molar-refractivity contribution < 1.29 is 9.53 Å². The van der Waals surface area contributed by atoms with Crippen molar-refractivity contribution >= 4 is 5.97 Å². The van der Waals surface area contributed by atoms with E-state index in [1.807, 2.05) is 30.3 Å². The standard InChI is InChI=1S/C17H25NO2/c18-16(15-9-5-2-6-10-15)11-12-17(19)20-13-14-7-3-1-4-8-14/h2,5-6,9-10,14,16H,1,3-4,7-8,11-13,18H2. The van der Waals surface area contributed by atoms with E-state index in [1.165, 1.54) is 32.1 Å². The average molecular weight is 275 g/mol. The minimum Gasteiger partial charge on any atom is -0.465 e. The molecule has 1 saturated carbocycles. The van der Waals surface area contributed by atoms with E-state index < -0.39 is 0 Å². The summed E-state index contributed by atoms with van der Waals surface area (Å²) in [6.45, 7) is 0.597. The minimum atomic E-state index is -0.109. The number of esters is 1. The van der Waals surface area contributed by atoms with Crippen molar-refractivity contribution in [3.8, 4) is 0 Å². The molecule has 0 radical (unpaired) electrons. The van der Waals surface area contributed by atoms with Crippen LogP contribution in [-0.2, 0) is 9.53 Å². The maximum absolute atomic E-state index is 11.7. The molecule has 3 nitrogen and oxygen atoms in total. The molecule has 0 spiro atoms. The molecule has 0 amide bonds. The van der Waals surface area contributed by atoms with Crippen LogP contribution >= 0.6 is 0 Å². The van der Waals surface area contributed by atoms with Gasteiger partial charge in [-0.15, -0.1) is 0 Å². The van der Waals surface area contributed by atoms with Crippen molar-refractivity contribution in [1.29, 1.82) is 0 Å². The van der Waals surface area contributed by atoms with E-state index in [0.29, 0.717) is 25.4 Å². The minimum absolute atomic E-state index is 0.0848. The fourth-order valence-electron chi connectivity index (χ4n) is 2.78. The Morgan fingerprint density at radius 3 is 2.60 bits per heavy atom. The predicted octanol–water partition coefficient (Wildman–Crippen LogP) is 3.59. The molecule has 2 rings (SSSR count). The lowest BCUT2D eigenvalue weighted by molar-refractivity contribution is -0.145. The number of nitrogens with two attached hydrogens (primary N) is 1. The molecular weight excluding hydrogens is 250 g/mol. The van der Waals surface area contributed by atoms with Crippen molar-refractivity contribution in [3.63, 3.8) is 0 Å². The molecule has 0 aromatic heterocycles. The molecule has 3 heteroatoms. The van der Waals surface area contributed by atoms with Gasteiger partial charge in [-0.2, -0.15) is 0 Å². The first-order chi connectivity index (χ1) is 9.75. The summed E-state index contributed by atoms with van der Waals surface area (Å²) in [5.74, 6) is 0.470. The summed E-state index contributed by atoms with van der Waals surface area (Å²) >= 11 is 0. The fraction of sp³-hybridized carbons (Fsp3) is 0.588. The molecule has 1 atom stereocenters. The van der Waals surface area contributed by atoms with Crippen LogP contribution in [0.4, 0.5) is 0 Å². The summed E-state index contributed by atoms with van der Waals surface area (Å²) in [7, 11) is 0. The van der Waals surface area contributed by atoms with Crippen LogP contribution in [0, 0.1) is 5.92 Å². The summed E-state index contributed by atoms with van der Waals surface area (Å²) in [6.07, 6.45) is 7.35. The molecule has 1 unspecified atom stereocenters. The van der Waals surface area contributed by atoms with Crippen LogP contribution < -0.4 is 5.73 Å². The van der Waals surface area contributed by atoms with Crippen LogP contribution in [0.15, 0.2) is 30.3 Å². The van der Waals surface area contributed by atoms with Crippen molar-refractivity contribution in [1.82, 2.24) is 0 Å². The molecule has 1 aliphatic rings.